The van der Waals surface area contributed by atoms with E-state index >= 15 is 0 Å². The summed E-state index contributed by atoms with van der Waals surface area (Å²) in [6, 6.07) is 15.8. The number of methoxy groups -OCH3 is 1. The second-order valence-corrected chi connectivity index (χ2v) is 6.90. The highest BCUT2D eigenvalue weighted by atomic mass is 32.1. The van der Waals surface area contributed by atoms with Crippen LogP contribution in [0.4, 0.5) is 5.69 Å². The largest absolute Gasteiger partial charge is 0.465 e. The van der Waals surface area contributed by atoms with Gasteiger partial charge in [-0.15, -0.1) is 11.3 Å². The third-order valence-electron chi connectivity index (χ3n) is 3.96. The number of thiazole rings is 1. The van der Waals surface area contributed by atoms with Gasteiger partial charge < -0.3 is 14.8 Å². The zero-order valence-electron chi connectivity index (χ0n) is 16.2. The number of rotatable bonds is 6. The lowest BCUT2D eigenvalue weighted by Gasteiger charge is -2.03. The molecule has 0 saturated carbocycles. The zero-order chi connectivity index (χ0) is 21.5. The smallest absolute Gasteiger partial charge is 0.337 e. The summed E-state index contributed by atoms with van der Waals surface area (Å²) in [6.45, 7) is 1.35. The summed E-state index contributed by atoms with van der Waals surface area (Å²) in [6.07, 6.45) is 1.57. The summed E-state index contributed by atoms with van der Waals surface area (Å²) >= 11 is 1.35. The summed E-state index contributed by atoms with van der Waals surface area (Å²) in [4.78, 5) is 27.0. The van der Waals surface area contributed by atoms with E-state index in [9.17, 15) is 14.9 Å². The first-order valence-corrected chi connectivity index (χ1v) is 9.68. The van der Waals surface area contributed by atoms with Gasteiger partial charge in [-0.25, -0.2) is 9.78 Å². The highest BCUT2D eigenvalue weighted by Crippen LogP contribution is 2.27. The van der Waals surface area contributed by atoms with Crippen LogP contribution in [-0.2, 0) is 9.53 Å². The summed E-state index contributed by atoms with van der Waals surface area (Å²) in [5.41, 5.74) is 3.09. The molecule has 1 aromatic heterocycles. The van der Waals surface area contributed by atoms with Crippen molar-refractivity contribution in [2.24, 2.45) is 0 Å². The molecular weight excluding hydrogens is 402 g/mol. The summed E-state index contributed by atoms with van der Waals surface area (Å²) in [5.74, 6) is -0.331. The van der Waals surface area contributed by atoms with E-state index in [-0.39, 0.29) is 5.97 Å². The molecule has 0 spiro atoms. The van der Waals surface area contributed by atoms with Gasteiger partial charge in [-0.2, -0.15) is 5.26 Å². The Hall–Kier alpha value is -3.96. The molecule has 1 heterocycles. The first-order chi connectivity index (χ1) is 14.5. The van der Waals surface area contributed by atoms with Gasteiger partial charge in [-0.1, -0.05) is 0 Å². The molecule has 0 amide bonds. The topological polar surface area (TPSA) is 101 Å². The number of aromatic nitrogens is 1. The van der Waals surface area contributed by atoms with E-state index in [1.54, 1.807) is 54.7 Å². The molecule has 1 N–H and O–H groups in total. The minimum atomic E-state index is -0.411. The van der Waals surface area contributed by atoms with Crippen LogP contribution in [0, 0.1) is 11.3 Å². The van der Waals surface area contributed by atoms with Gasteiger partial charge in [0.2, 0.25) is 0 Å². The SMILES string of the molecule is COC(=O)c1ccc(NC=C(C#N)c2nc(-c3ccc(OC(C)=O)cc3)cs2)cc1. The Morgan fingerprint density at radius 1 is 1.13 bits per heavy atom. The van der Waals surface area contributed by atoms with Crippen molar-refractivity contribution in [2.45, 2.75) is 6.92 Å². The van der Waals surface area contributed by atoms with Crippen molar-refractivity contribution in [1.82, 2.24) is 4.98 Å². The standard InChI is InChI=1S/C22H17N3O4S/c1-14(26)29-19-9-5-15(6-10-19)20-13-30-21(25-20)17(11-23)12-24-18-7-3-16(4-8-18)22(27)28-2/h3-10,12-13,24H,1-2H3. The molecule has 30 heavy (non-hydrogen) atoms. The van der Waals surface area contributed by atoms with Crippen LogP contribution in [0.2, 0.25) is 0 Å². The van der Waals surface area contributed by atoms with Crippen molar-refractivity contribution in [1.29, 1.82) is 5.26 Å². The van der Waals surface area contributed by atoms with Gasteiger partial charge in [0.1, 0.15) is 22.4 Å². The van der Waals surface area contributed by atoms with Crippen LogP contribution in [0.3, 0.4) is 0 Å². The number of hydrogen-bond donors (Lipinski definition) is 1. The van der Waals surface area contributed by atoms with Crippen LogP contribution in [0.25, 0.3) is 16.8 Å². The number of nitrogens with zero attached hydrogens (tertiary/aromatic N) is 2. The lowest BCUT2D eigenvalue weighted by Crippen LogP contribution is -2.00. The van der Waals surface area contributed by atoms with Gasteiger partial charge >= 0.3 is 11.9 Å². The minimum absolute atomic E-state index is 0.375. The normalized spacial score (nSPS) is 10.8. The minimum Gasteiger partial charge on any atom is -0.465 e. The first-order valence-electron chi connectivity index (χ1n) is 8.80. The Labute approximate surface area is 177 Å². The third kappa shape index (κ3) is 5.10. The van der Waals surface area contributed by atoms with Crippen molar-refractivity contribution in [3.8, 4) is 23.1 Å². The van der Waals surface area contributed by atoms with E-state index in [4.69, 9.17) is 4.74 Å². The fraction of sp³-hybridized carbons (Fsp3) is 0.0909. The maximum Gasteiger partial charge on any atom is 0.337 e. The number of hydrogen-bond acceptors (Lipinski definition) is 8. The van der Waals surface area contributed by atoms with Crippen LogP contribution < -0.4 is 10.1 Å². The number of carbonyl (C=O) groups is 2. The molecule has 3 aromatic rings. The van der Waals surface area contributed by atoms with Crippen molar-refractivity contribution in [2.75, 3.05) is 12.4 Å². The van der Waals surface area contributed by atoms with Gasteiger partial charge in [0, 0.05) is 29.8 Å². The maximum absolute atomic E-state index is 11.5. The molecule has 3 rings (SSSR count). The second kappa shape index (κ2) is 9.49. The van der Waals surface area contributed by atoms with Crippen molar-refractivity contribution in [3.63, 3.8) is 0 Å². The lowest BCUT2D eigenvalue weighted by molar-refractivity contribution is -0.131. The predicted molar refractivity (Wildman–Crippen MR) is 114 cm³/mol. The van der Waals surface area contributed by atoms with Gasteiger partial charge in [-0.3, -0.25) is 4.79 Å². The molecule has 2 aromatic carbocycles. The Morgan fingerprint density at radius 2 is 1.83 bits per heavy atom. The molecule has 0 aliphatic carbocycles. The lowest BCUT2D eigenvalue weighted by atomic mass is 10.2. The molecule has 0 aliphatic heterocycles. The Kier molecular flexibility index (Phi) is 6.57. The molecule has 0 saturated heterocycles. The summed E-state index contributed by atoms with van der Waals surface area (Å²) in [7, 11) is 1.33. The zero-order valence-corrected chi connectivity index (χ0v) is 17.0. The van der Waals surface area contributed by atoms with Crippen molar-refractivity contribution in [3.05, 3.63) is 70.7 Å². The van der Waals surface area contributed by atoms with Crippen molar-refractivity contribution >= 4 is 34.5 Å². The first kappa shape index (κ1) is 20.8. The average molecular weight is 419 g/mol. The average Bonchev–Trinajstić information content (AvgIpc) is 3.24. The maximum atomic E-state index is 11.5. The van der Waals surface area contributed by atoms with E-state index in [2.05, 4.69) is 21.1 Å². The van der Waals surface area contributed by atoms with Crippen LogP contribution in [-0.4, -0.2) is 24.0 Å². The second-order valence-electron chi connectivity index (χ2n) is 6.04. The van der Waals surface area contributed by atoms with E-state index in [0.717, 1.165) is 5.56 Å². The number of benzene rings is 2. The molecule has 150 valence electrons. The Balaban J connectivity index is 1.73. The molecule has 0 fully saturated rings. The molecule has 8 heteroatoms. The molecule has 0 aliphatic rings. The van der Waals surface area contributed by atoms with Gasteiger partial charge in [0.25, 0.3) is 0 Å². The monoisotopic (exact) mass is 419 g/mol. The highest BCUT2D eigenvalue weighted by molar-refractivity contribution is 7.11. The molecule has 0 radical (unpaired) electrons. The number of esters is 2. The fourth-order valence-electron chi connectivity index (χ4n) is 2.51. The summed E-state index contributed by atoms with van der Waals surface area (Å²) in [5, 5.41) is 15.0. The molecule has 0 atom stereocenters. The van der Waals surface area contributed by atoms with Gasteiger partial charge in [0.15, 0.2) is 0 Å². The van der Waals surface area contributed by atoms with Crippen LogP contribution in [0.15, 0.2) is 60.1 Å². The van der Waals surface area contributed by atoms with E-state index in [1.165, 1.54) is 25.4 Å². The quantitative estimate of drug-likeness (QED) is 0.357. The van der Waals surface area contributed by atoms with Crippen molar-refractivity contribution < 1.29 is 19.1 Å². The van der Waals surface area contributed by atoms with E-state index in [0.29, 0.717) is 33.3 Å². The number of nitriles is 1. The molecule has 0 unspecified atom stereocenters. The number of allylic oxidation sites excluding steroid dienone is 1. The third-order valence-corrected chi connectivity index (χ3v) is 4.83. The Bertz CT molecular complexity index is 1130. The molecule has 7 nitrogen and oxygen atoms in total. The molecular formula is C22H17N3O4S. The number of nitrogens with one attached hydrogen (secondary N) is 1. The number of ether oxygens (including phenoxy) is 2. The predicted octanol–water partition coefficient (Wildman–Crippen LogP) is 4.50. The van der Waals surface area contributed by atoms with Crippen LogP contribution in [0.5, 0.6) is 5.75 Å². The van der Waals surface area contributed by atoms with E-state index in [1.807, 2.05) is 5.38 Å². The van der Waals surface area contributed by atoms with Gasteiger partial charge in [0.05, 0.1) is 18.4 Å². The fourth-order valence-corrected chi connectivity index (χ4v) is 3.30. The van der Waals surface area contributed by atoms with Crippen LogP contribution in [0.1, 0.15) is 22.3 Å². The van der Waals surface area contributed by atoms with E-state index < -0.39 is 5.97 Å². The number of anilines is 1. The highest BCUT2D eigenvalue weighted by Gasteiger charge is 2.10. The summed E-state index contributed by atoms with van der Waals surface area (Å²) < 4.78 is 9.69. The Morgan fingerprint density at radius 3 is 2.43 bits per heavy atom. The molecule has 0 bridgehead atoms. The van der Waals surface area contributed by atoms with Crippen LogP contribution >= 0.6 is 11.3 Å². The van der Waals surface area contributed by atoms with Gasteiger partial charge in [-0.05, 0) is 48.5 Å². The number of carbonyl (C=O) groups excluding carboxylic acids is 2.